The third-order valence-electron chi connectivity index (χ3n) is 3.27. The van der Waals surface area contributed by atoms with E-state index in [1.807, 2.05) is 60.7 Å². The summed E-state index contributed by atoms with van der Waals surface area (Å²) in [6.07, 6.45) is 0.929. The minimum Gasteiger partial charge on any atom is -0.393 e. The van der Waals surface area contributed by atoms with Crippen molar-refractivity contribution < 1.29 is 10.2 Å². The highest BCUT2D eigenvalue weighted by atomic mass is 16.3. The zero-order chi connectivity index (χ0) is 13.5. The number of hydrogen-bond donors (Lipinski definition) is 2. The molecule has 0 spiro atoms. The molecule has 2 aromatic rings. The van der Waals surface area contributed by atoms with Crippen LogP contribution in [-0.2, 0) is 6.42 Å². The van der Waals surface area contributed by atoms with Crippen LogP contribution >= 0.6 is 0 Å². The second-order valence-electron chi connectivity index (χ2n) is 4.85. The first-order chi connectivity index (χ1) is 9.25. The average Bonchev–Trinajstić information content (AvgIpc) is 2.47. The Bertz CT molecular complexity index is 467. The Labute approximate surface area is 114 Å². The summed E-state index contributed by atoms with van der Waals surface area (Å²) in [6, 6.07) is 19.5. The number of aliphatic hydroxyl groups excluding tert-OH is 2. The van der Waals surface area contributed by atoms with Crippen LogP contribution in [-0.4, -0.2) is 16.3 Å². The lowest BCUT2D eigenvalue weighted by atomic mass is 9.99. The maximum absolute atomic E-state index is 10.0. The molecule has 100 valence electrons. The fraction of sp³-hybridized carbons (Fsp3) is 0.294. The Morgan fingerprint density at radius 2 is 1.32 bits per heavy atom. The van der Waals surface area contributed by atoms with Crippen molar-refractivity contribution in [3.05, 3.63) is 71.8 Å². The lowest BCUT2D eigenvalue weighted by molar-refractivity contribution is 0.114. The van der Waals surface area contributed by atoms with Gasteiger partial charge in [-0.2, -0.15) is 0 Å². The van der Waals surface area contributed by atoms with E-state index < -0.39 is 12.2 Å². The van der Waals surface area contributed by atoms with Crippen molar-refractivity contribution >= 4 is 0 Å². The summed E-state index contributed by atoms with van der Waals surface area (Å²) < 4.78 is 0. The van der Waals surface area contributed by atoms with Crippen LogP contribution in [0.5, 0.6) is 0 Å². The molecule has 0 fully saturated rings. The summed E-state index contributed by atoms with van der Waals surface area (Å²) in [5.74, 6) is 0. The molecule has 2 aromatic carbocycles. The second kappa shape index (κ2) is 7.07. The van der Waals surface area contributed by atoms with Gasteiger partial charge in [0, 0.05) is 0 Å². The molecular formula is C17H20O2. The molecule has 0 radical (unpaired) electrons. The third-order valence-corrected chi connectivity index (χ3v) is 3.27. The minimum atomic E-state index is -0.494. The predicted octanol–water partition coefficient (Wildman–Crippen LogP) is 3.10. The van der Waals surface area contributed by atoms with Crippen LogP contribution in [0.1, 0.15) is 30.1 Å². The lowest BCUT2D eigenvalue weighted by Crippen LogP contribution is -2.12. The number of hydrogen-bond acceptors (Lipinski definition) is 2. The molecule has 2 unspecified atom stereocenters. The molecule has 0 heterocycles. The van der Waals surface area contributed by atoms with Crippen LogP contribution in [0, 0.1) is 0 Å². The van der Waals surface area contributed by atoms with Crippen molar-refractivity contribution in [2.24, 2.45) is 0 Å². The molecule has 0 saturated carbocycles. The van der Waals surface area contributed by atoms with E-state index >= 15 is 0 Å². The second-order valence-corrected chi connectivity index (χ2v) is 4.85. The van der Waals surface area contributed by atoms with Gasteiger partial charge in [-0.3, -0.25) is 0 Å². The van der Waals surface area contributed by atoms with Crippen molar-refractivity contribution in [1.82, 2.24) is 0 Å². The van der Waals surface area contributed by atoms with Gasteiger partial charge in [-0.15, -0.1) is 0 Å². The zero-order valence-electron chi connectivity index (χ0n) is 10.9. The van der Waals surface area contributed by atoms with Crippen LogP contribution in [0.25, 0.3) is 0 Å². The fourth-order valence-corrected chi connectivity index (χ4v) is 2.18. The van der Waals surface area contributed by atoms with Gasteiger partial charge < -0.3 is 10.2 Å². The minimum absolute atomic E-state index is 0.402. The molecule has 2 N–H and O–H groups in total. The molecular weight excluding hydrogens is 236 g/mol. The maximum Gasteiger partial charge on any atom is 0.0791 e. The monoisotopic (exact) mass is 256 g/mol. The summed E-state index contributed by atoms with van der Waals surface area (Å²) >= 11 is 0. The molecule has 2 nitrogen and oxygen atoms in total. The van der Waals surface area contributed by atoms with Crippen molar-refractivity contribution in [3.63, 3.8) is 0 Å². The molecule has 2 atom stereocenters. The van der Waals surface area contributed by atoms with Gasteiger partial charge in [0.05, 0.1) is 12.2 Å². The third kappa shape index (κ3) is 4.51. The Kier molecular flexibility index (Phi) is 5.13. The van der Waals surface area contributed by atoms with Crippen molar-refractivity contribution in [1.29, 1.82) is 0 Å². The van der Waals surface area contributed by atoms with E-state index in [2.05, 4.69) is 0 Å². The van der Waals surface area contributed by atoms with Crippen LogP contribution in [0.4, 0.5) is 0 Å². The molecule has 0 amide bonds. The molecule has 0 aliphatic heterocycles. The average molecular weight is 256 g/mol. The first-order valence-corrected chi connectivity index (χ1v) is 6.70. The van der Waals surface area contributed by atoms with Gasteiger partial charge in [-0.1, -0.05) is 60.7 Å². The lowest BCUT2D eigenvalue weighted by Gasteiger charge is -2.14. The summed E-state index contributed by atoms with van der Waals surface area (Å²) in [7, 11) is 0. The Balaban J connectivity index is 1.79. The normalized spacial score (nSPS) is 14.0. The highest BCUT2D eigenvalue weighted by molar-refractivity contribution is 5.17. The van der Waals surface area contributed by atoms with Crippen LogP contribution in [0.15, 0.2) is 60.7 Å². The van der Waals surface area contributed by atoms with E-state index in [-0.39, 0.29) is 0 Å². The van der Waals surface area contributed by atoms with Gasteiger partial charge >= 0.3 is 0 Å². The molecule has 0 aliphatic rings. The summed E-state index contributed by atoms with van der Waals surface area (Å²) in [5.41, 5.74) is 2.04. The van der Waals surface area contributed by atoms with Gasteiger partial charge in [0.25, 0.3) is 0 Å². The van der Waals surface area contributed by atoms with E-state index in [4.69, 9.17) is 0 Å². The maximum atomic E-state index is 10.0. The van der Waals surface area contributed by atoms with Crippen LogP contribution in [0.3, 0.4) is 0 Å². The molecule has 0 aliphatic carbocycles. The molecule has 0 saturated heterocycles. The molecule has 2 heteroatoms. The Hall–Kier alpha value is -1.64. The highest BCUT2D eigenvalue weighted by Crippen LogP contribution is 2.19. The van der Waals surface area contributed by atoms with Crippen molar-refractivity contribution in [2.75, 3.05) is 0 Å². The van der Waals surface area contributed by atoms with Crippen LogP contribution in [0.2, 0.25) is 0 Å². The summed E-state index contributed by atoms with van der Waals surface area (Å²) in [6.45, 7) is 0. The topological polar surface area (TPSA) is 40.5 Å². The van der Waals surface area contributed by atoms with Crippen molar-refractivity contribution in [3.8, 4) is 0 Å². The largest absolute Gasteiger partial charge is 0.393 e. The standard InChI is InChI=1S/C17H20O2/c18-16(13-14-7-3-1-4-8-14)11-12-17(19)15-9-5-2-6-10-15/h1-10,16-19H,11-13H2. The van der Waals surface area contributed by atoms with Crippen molar-refractivity contribution in [2.45, 2.75) is 31.5 Å². The first-order valence-electron chi connectivity index (χ1n) is 6.70. The van der Waals surface area contributed by atoms with Gasteiger partial charge in [-0.25, -0.2) is 0 Å². The number of aliphatic hydroxyl groups is 2. The Morgan fingerprint density at radius 1 is 0.737 bits per heavy atom. The fourth-order valence-electron chi connectivity index (χ4n) is 2.18. The number of benzene rings is 2. The summed E-state index contributed by atoms with van der Waals surface area (Å²) in [4.78, 5) is 0. The van der Waals surface area contributed by atoms with Crippen LogP contribution < -0.4 is 0 Å². The zero-order valence-corrected chi connectivity index (χ0v) is 10.9. The van der Waals surface area contributed by atoms with E-state index in [1.165, 1.54) is 0 Å². The SMILES string of the molecule is OC(CCC(O)c1ccccc1)Cc1ccccc1. The van der Waals surface area contributed by atoms with E-state index in [0.717, 1.165) is 11.1 Å². The quantitative estimate of drug-likeness (QED) is 0.833. The van der Waals surface area contributed by atoms with E-state index in [0.29, 0.717) is 19.3 Å². The van der Waals surface area contributed by atoms with Gasteiger partial charge in [0.2, 0.25) is 0 Å². The van der Waals surface area contributed by atoms with Gasteiger partial charge in [0.15, 0.2) is 0 Å². The van der Waals surface area contributed by atoms with E-state index in [9.17, 15) is 10.2 Å². The van der Waals surface area contributed by atoms with Gasteiger partial charge in [-0.05, 0) is 30.4 Å². The van der Waals surface area contributed by atoms with Gasteiger partial charge in [0.1, 0.15) is 0 Å². The smallest absolute Gasteiger partial charge is 0.0791 e. The Morgan fingerprint density at radius 3 is 1.95 bits per heavy atom. The molecule has 19 heavy (non-hydrogen) atoms. The number of rotatable bonds is 6. The predicted molar refractivity (Wildman–Crippen MR) is 76.8 cm³/mol. The molecule has 0 bridgehead atoms. The molecule has 0 aromatic heterocycles. The highest BCUT2D eigenvalue weighted by Gasteiger charge is 2.11. The molecule has 2 rings (SSSR count). The summed E-state index contributed by atoms with van der Waals surface area (Å²) in [5, 5.41) is 20.0. The van der Waals surface area contributed by atoms with E-state index in [1.54, 1.807) is 0 Å². The first kappa shape index (κ1) is 13.8.